The molecule has 0 aliphatic heterocycles. The van der Waals surface area contributed by atoms with Crippen LogP contribution in [0.2, 0.25) is 0 Å². The summed E-state index contributed by atoms with van der Waals surface area (Å²) in [7, 11) is 2.22. The molecule has 0 atom stereocenters. The third-order valence-corrected chi connectivity index (χ3v) is 5.53. The zero-order valence-corrected chi connectivity index (χ0v) is 13.6. The lowest BCUT2D eigenvalue weighted by atomic mass is 9.76. The van der Waals surface area contributed by atoms with Crippen molar-refractivity contribution >= 4 is 15.9 Å². The summed E-state index contributed by atoms with van der Waals surface area (Å²) in [5, 5.41) is 0. The molecule has 2 nitrogen and oxygen atoms in total. The number of halogens is 1. The Bertz CT molecular complexity index is 411. The second kappa shape index (κ2) is 6.38. The van der Waals surface area contributed by atoms with Gasteiger partial charge in [0.15, 0.2) is 0 Å². The van der Waals surface area contributed by atoms with Crippen LogP contribution in [0.4, 0.5) is 0 Å². The van der Waals surface area contributed by atoms with Crippen molar-refractivity contribution in [3.8, 4) is 0 Å². The van der Waals surface area contributed by atoms with Gasteiger partial charge < -0.3 is 5.73 Å². The van der Waals surface area contributed by atoms with E-state index < -0.39 is 0 Å². The molecule has 0 spiro atoms. The maximum Gasteiger partial charge on any atom is 0.0332 e. The highest BCUT2D eigenvalue weighted by Crippen LogP contribution is 2.36. The SMILES string of the molecule is CC1CCC(CN)(N(C)Cc2ccccc2Br)CC1. The van der Waals surface area contributed by atoms with Crippen LogP contribution in [0.3, 0.4) is 0 Å². The largest absolute Gasteiger partial charge is 0.329 e. The lowest BCUT2D eigenvalue weighted by molar-refractivity contribution is 0.0614. The summed E-state index contributed by atoms with van der Waals surface area (Å²) < 4.78 is 1.19. The minimum absolute atomic E-state index is 0.196. The standard InChI is InChI=1S/C16H25BrN2/c1-13-7-9-16(12-18,10-8-13)19(2)11-14-5-3-4-6-15(14)17/h3-6,13H,7-12,18H2,1-2H3. The van der Waals surface area contributed by atoms with Crippen LogP contribution in [0.15, 0.2) is 28.7 Å². The molecule has 0 saturated heterocycles. The van der Waals surface area contributed by atoms with Crippen molar-refractivity contribution in [3.05, 3.63) is 34.3 Å². The van der Waals surface area contributed by atoms with E-state index in [4.69, 9.17) is 5.73 Å². The molecule has 1 fully saturated rings. The van der Waals surface area contributed by atoms with Crippen molar-refractivity contribution in [3.63, 3.8) is 0 Å². The molecule has 0 amide bonds. The molecular weight excluding hydrogens is 300 g/mol. The van der Waals surface area contributed by atoms with Gasteiger partial charge in [-0.15, -0.1) is 0 Å². The zero-order chi connectivity index (χ0) is 13.9. The molecule has 106 valence electrons. The fraction of sp³-hybridized carbons (Fsp3) is 0.625. The second-order valence-electron chi connectivity index (χ2n) is 6.06. The molecule has 1 saturated carbocycles. The highest BCUT2D eigenvalue weighted by Gasteiger charge is 2.36. The molecule has 19 heavy (non-hydrogen) atoms. The maximum atomic E-state index is 6.12. The molecule has 1 aliphatic rings. The number of nitrogens with zero attached hydrogens (tertiary/aromatic N) is 1. The van der Waals surface area contributed by atoms with Crippen molar-refractivity contribution in [2.75, 3.05) is 13.6 Å². The summed E-state index contributed by atoms with van der Waals surface area (Å²) in [5.41, 5.74) is 7.66. The van der Waals surface area contributed by atoms with E-state index in [2.05, 4.69) is 59.1 Å². The Morgan fingerprint density at radius 2 is 1.95 bits per heavy atom. The van der Waals surface area contributed by atoms with E-state index in [-0.39, 0.29) is 5.54 Å². The van der Waals surface area contributed by atoms with E-state index in [9.17, 15) is 0 Å². The summed E-state index contributed by atoms with van der Waals surface area (Å²) in [6.07, 6.45) is 5.06. The van der Waals surface area contributed by atoms with Crippen LogP contribution in [0.5, 0.6) is 0 Å². The number of nitrogens with two attached hydrogens (primary N) is 1. The van der Waals surface area contributed by atoms with Crippen LogP contribution < -0.4 is 5.73 Å². The smallest absolute Gasteiger partial charge is 0.0332 e. The molecule has 0 radical (unpaired) electrons. The van der Waals surface area contributed by atoms with Crippen LogP contribution in [0, 0.1) is 5.92 Å². The third-order valence-electron chi connectivity index (χ3n) is 4.76. The quantitative estimate of drug-likeness (QED) is 0.913. The summed E-state index contributed by atoms with van der Waals surface area (Å²) in [6.45, 7) is 4.09. The van der Waals surface area contributed by atoms with Crippen LogP contribution in [-0.2, 0) is 6.54 Å². The average molecular weight is 325 g/mol. The first-order valence-corrected chi connectivity index (χ1v) is 8.01. The van der Waals surface area contributed by atoms with E-state index in [1.54, 1.807) is 0 Å². The Kier molecular flexibility index (Phi) is 5.04. The van der Waals surface area contributed by atoms with Crippen LogP contribution >= 0.6 is 15.9 Å². The number of hydrogen-bond donors (Lipinski definition) is 1. The third kappa shape index (κ3) is 3.39. The van der Waals surface area contributed by atoms with Gasteiger partial charge in [0.05, 0.1) is 0 Å². The first kappa shape index (κ1) is 15.0. The maximum absolute atomic E-state index is 6.12. The molecule has 1 aromatic carbocycles. The minimum Gasteiger partial charge on any atom is -0.329 e. The Balaban J connectivity index is 2.09. The number of rotatable bonds is 4. The van der Waals surface area contributed by atoms with E-state index in [0.29, 0.717) is 0 Å². The lowest BCUT2D eigenvalue weighted by Crippen LogP contribution is -2.53. The molecule has 2 rings (SSSR count). The van der Waals surface area contributed by atoms with Crippen molar-refractivity contribution in [2.45, 2.75) is 44.7 Å². The van der Waals surface area contributed by atoms with Crippen LogP contribution in [0.25, 0.3) is 0 Å². The van der Waals surface area contributed by atoms with E-state index in [0.717, 1.165) is 19.0 Å². The Morgan fingerprint density at radius 1 is 1.32 bits per heavy atom. The first-order chi connectivity index (χ1) is 9.07. The molecule has 0 unspecified atom stereocenters. The zero-order valence-electron chi connectivity index (χ0n) is 12.0. The number of likely N-dealkylation sites (N-methyl/N-ethyl adjacent to an activating group) is 1. The van der Waals surface area contributed by atoms with Gasteiger partial charge >= 0.3 is 0 Å². The highest BCUT2D eigenvalue weighted by molar-refractivity contribution is 9.10. The molecule has 0 heterocycles. The van der Waals surface area contributed by atoms with Gasteiger partial charge in [-0.3, -0.25) is 4.90 Å². The van der Waals surface area contributed by atoms with Gasteiger partial charge in [-0.05, 0) is 50.3 Å². The fourth-order valence-electron chi connectivity index (χ4n) is 3.09. The normalized spacial score (nSPS) is 27.7. The van der Waals surface area contributed by atoms with Gasteiger partial charge in [0.1, 0.15) is 0 Å². The number of hydrogen-bond acceptors (Lipinski definition) is 2. The van der Waals surface area contributed by atoms with E-state index in [1.165, 1.54) is 35.7 Å². The predicted molar refractivity (Wildman–Crippen MR) is 85.0 cm³/mol. The van der Waals surface area contributed by atoms with Gasteiger partial charge in [-0.1, -0.05) is 41.1 Å². The summed E-state index contributed by atoms with van der Waals surface area (Å²) >= 11 is 3.64. The lowest BCUT2D eigenvalue weighted by Gasteiger charge is -2.45. The van der Waals surface area contributed by atoms with Gasteiger partial charge in [-0.25, -0.2) is 0 Å². The topological polar surface area (TPSA) is 29.3 Å². The molecule has 3 heteroatoms. The van der Waals surface area contributed by atoms with Gasteiger partial charge in [-0.2, -0.15) is 0 Å². The summed E-state index contributed by atoms with van der Waals surface area (Å²) in [4.78, 5) is 2.47. The van der Waals surface area contributed by atoms with E-state index in [1.807, 2.05) is 0 Å². The first-order valence-electron chi connectivity index (χ1n) is 7.22. The van der Waals surface area contributed by atoms with Gasteiger partial charge in [0, 0.05) is 23.1 Å². The predicted octanol–water partition coefficient (Wildman–Crippen LogP) is 3.79. The van der Waals surface area contributed by atoms with Crippen molar-refractivity contribution < 1.29 is 0 Å². The molecule has 0 bridgehead atoms. The van der Waals surface area contributed by atoms with Crippen LogP contribution in [-0.4, -0.2) is 24.0 Å². The Morgan fingerprint density at radius 3 is 2.53 bits per heavy atom. The molecule has 1 aliphatic carbocycles. The second-order valence-corrected chi connectivity index (χ2v) is 6.91. The highest BCUT2D eigenvalue weighted by atomic mass is 79.9. The van der Waals surface area contributed by atoms with Crippen molar-refractivity contribution in [1.29, 1.82) is 0 Å². The fourth-order valence-corrected chi connectivity index (χ4v) is 3.50. The molecule has 1 aromatic rings. The summed E-state index contributed by atoms with van der Waals surface area (Å²) in [6, 6.07) is 8.47. The molecular formula is C16H25BrN2. The summed E-state index contributed by atoms with van der Waals surface area (Å²) in [5.74, 6) is 0.858. The minimum atomic E-state index is 0.196. The van der Waals surface area contributed by atoms with E-state index >= 15 is 0 Å². The van der Waals surface area contributed by atoms with Crippen LogP contribution in [0.1, 0.15) is 38.2 Å². The van der Waals surface area contributed by atoms with Crippen molar-refractivity contribution in [1.82, 2.24) is 4.90 Å². The number of benzene rings is 1. The Hall–Kier alpha value is -0.380. The average Bonchev–Trinajstić information content (AvgIpc) is 2.42. The van der Waals surface area contributed by atoms with Gasteiger partial charge in [0.25, 0.3) is 0 Å². The Labute approximate surface area is 125 Å². The van der Waals surface area contributed by atoms with Crippen molar-refractivity contribution in [2.24, 2.45) is 11.7 Å². The monoisotopic (exact) mass is 324 g/mol. The van der Waals surface area contributed by atoms with Gasteiger partial charge in [0.2, 0.25) is 0 Å². The molecule has 0 aromatic heterocycles. The molecule has 2 N–H and O–H groups in total.